The summed E-state index contributed by atoms with van der Waals surface area (Å²) in [5.41, 5.74) is 0. The van der Waals surface area contributed by atoms with Gasteiger partial charge in [-0.2, -0.15) is 0 Å². The third-order valence-corrected chi connectivity index (χ3v) is 4.29. The van der Waals surface area contributed by atoms with Crippen molar-refractivity contribution in [2.45, 2.75) is 64.5 Å². The predicted octanol–water partition coefficient (Wildman–Crippen LogP) is 2.62. The molecule has 3 atom stereocenters. The summed E-state index contributed by atoms with van der Waals surface area (Å²) in [5, 5.41) is 0. The van der Waals surface area contributed by atoms with Crippen LogP contribution in [0, 0.1) is 5.92 Å². The molecule has 1 aliphatic carbocycles. The van der Waals surface area contributed by atoms with Gasteiger partial charge in [0.15, 0.2) is 0 Å². The average molecular weight is 209 g/mol. The summed E-state index contributed by atoms with van der Waals surface area (Å²) < 4.78 is 0. The molecule has 1 saturated heterocycles. The molecule has 0 spiro atoms. The third-order valence-electron chi connectivity index (χ3n) is 4.29. The molecule has 3 unspecified atom stereocenters. The van der Waals surface area contributed by atoms with Gasteiger partial charge in [-0.15, -0.1) is 0 Å². The first-order chi connectivity index (χ1) is 7.22. The van der Waals surface area contributed by atoms with Crippen molar-refractivity contribution in [1.29, 1.82) is 0 Å². The highest BCUT2D eigenvalue weighted by Crippen LogP contribution is 2.30. The Labute approximate surface area is 93.0 Å². The normalized spacial score (nSPS) is 37.7. The zero-order valence-electron chi connectivity index (χ0n) is 10.0. The quantitative estimate of drug-likeness (QED) is 0.712. The minimum Gasteiger partial charge on any atom is -0.299 e. The number of ketones is 1. The lowest BCUT2D eigenvalue weighted by molar-refractivity contribution is -0.121. The molecule has 0 aromatic carbocycles. The summed E-state index contributed by atoms with van der Waals surface area (Å²) in [6.45, 7) is 5.62. The molecule has 0 N–H and O–H groups in total. The molecule has 0 radical (unpaired) electrons. The summed E-state index contributed by atoms with van der Waals surface area (Å²) in [4.78, 5) is 14.2. The van der Waals surface area contributed by atoms with Gasteiger partial charge in [-0.25, -0.2) is 0 Å². The number of hydrogen-bond donors (Lipinski definition) is 0. The molecule has 15 heavy (non-hydrogen) atoms. The van der Waals surface area contributed by atoms with E-state index in [-0.39, 0.29) is 0 Å². The van der Waals surface area contributed by atoms with Crippen LogP contribution in [0.15, 0.2) is 0 Å². The molecule has 0 bridgehead atoms. The second kappa shape index (κ2) is 4.65. The Morgan fingerprint density at radius 1 is 1.33 bits per heavy atom. The van der Waals surface area contributed by atoms with Crippen molar-refractivity contribution in [3.63, 3.8) is 0 Å². The first-order valence-electron chi connectivity index (χ1n) is 6.50. The highest BCUT2D eigenvalue weighted by atomic mass is 16.1. The van der Waals surface area contributed by atoms with Gasteiger partial charge in [0.1, 0.15) is 5.78 Å². The number of Topliss-reactive ketones (excluding diaryl/α,β-unsaturated/α-hetero) is 1. The molecular weight excluding hydrogens is 186 g/mol. The minimum absolute atomic E-state index is 0.361. The van der Waals surface area contributed by atoms with Crippen LogP contribution in [-0.2, 0) is 4.79 Å². The summed E-state index contributed by atoms with van der Waals surface area (Å²) in [6.07, 6.45) is 6.99. The fourth-order valence-corrected chi connectivity index (χ4v) is 3.23. The lowest BCUT2D eigenvalue weighted by Gasteiger charge is -2.29. The number of likely N-dealkylation sites (tertiary alicyclic amines) is 1. The van der Waals surface area contributed by atoms with E-state index >= 15 is 0 Å². The second-order valence-corrected chi connectivity index (χ2v) is 5.24. The molecule has 1 aliphatic heterocycles. The van der Waals surface area contributed by atoms with Crippen LogP contribution < -0.4 is 0 Å². The van der Waals surface area contributed by atoms with Crippen molar-refractivity contribution < 1.29 is 4.79 Å². The van der Waals surface area contributed by atoms with Gasteiger partial charge in [0.05, 0.1) is 0 Å². The third kappa shape index (κ3) is 2.25. The Kier molecular flexibility index (Phi) is 3.45. The van der Waals surface area contributed by atoms with E-state index in [1.807, 2.05) is 0 Å². The summed E-state index contributed by atoms with van der Waals surface area (Å²) in [7, 11) is 0. The van der Waals surface area contributed by atoms with Gasteiger partial charge < -0.3 is 0 Å². The van der Waals surface area contributed by atoms with Gasteiger partial charge in [0, 0.05) is 31.0 Å². The van der Waals surface area contributed by atoms with Crippen LogP contribution in [0.3, 0.4) is 0 Å². The van der Waals surface area contributed by atoms with Crippen LogP contribution in [0.1, 0.15) is 52.4 Å². The number of carbonyl (C=O) groups excluding carboxylic acids is 1. The predicted molar refractivity (Wildman–Crippen MR) is 61.8 cm³/mol. The molecule has 2 fully saturated rings. The first kappa shape index (κ1) is 11.1. The highest BCUT2D eigenvalue weighted by Gasteiger charge is 2.34. The molecule has 2 heteroatoms. The van der Waals surface area contributed by atoms with E-state index < -0.39 is 0 Å². The summed E-state index contributed by atoms with van der Waals surface area (Å²) >= 11 is 0. The van der Waals surface area contributed by atoms with Gasteiger partial charge >= 0.3 is 0 Å². The second-order valence-electron chi connectivity index (χ2n) is 5.24. The maximum absolute atomic E-state index is 11.6. The molecule has 2 nitrogen and oxygen atoms in total. The van der Waals surface area contributed by atoms with E-state index in [0.717, 1.165) is 31.8 Å². The Balaban J connectivity index is 1.94. The number of carbonyl (C=O) groups is 1. The van der Waals surface area contributed by atoms with Crippen LogP contribution in [0.5, 0.6) is 0 Å². The van der Waals surface area contributed by atoms with Gasteiger partial charge in [0.2, 0.25) is 0 Å². The van der Waals surface area contributed by atoms with Gasteiger partial charge in [-0.05, 0) is 39.0 Å². The molecule has 2 aliphatic rings. The van der Waals surface area contributed by atoms with E-state index in [9.17, 15) is 4.79 Å². The maximum Gasteiger partial charge on any atom is 0.137 e. The van der Waals surface area contributed by atoms with Crippen molar-refractivity contribution in [3.05, 3.63) is 0 Å². The minimum atomic E-state index is 0.361. The van der Waals surface area contributed by atoms with E-state index in [4.69, 9.17) is 0 Å². The standard InChI is InChI=1S/C13H23NO/c1-3-12-8-7-10(2)14(12)9-11-5-4-6-13(11)15/h10-12H,3-9H2,1-2H3. The fourth-order valence-electron chi connectivity index (χ4n) is 3.23. The Morgan fingerprint density at radius 2 is 2.13 bits per heavy atom. The zero-order chi connectivity index (χ0) is 10.8. The van der Waals surface area contributed by atoms with Crippen LogP contribution >= 0.6 is 0 Å². The molecule has 0 aromatic rings. The number of rotatable bonds is 3. The van der Waals surface area contributed by atoms with Gasteiger partial charge in [-0.3, -0.25) is 9.69 Å². The van der Waals surface area contributed by atoms with E-state index in [2.05, 4.69) is 18.7 Å². The summed E-state index contributed by atoms with van der Waals surface area (Å²) in [6, 6.07) is 1.44. The van der Waals surface area contributed by atoms with Crippen molar-refractivity contribution in [1.82, 2.24) is 4.90 Å². The molecule has 0 amide bonds. The lowest BCUT2D eigenvalue weighted by atomic mass is 10.1. The average Bonchev–Trinajstić information content (AvgIpc) is 2.77. The topological polar surface area (TPSA) is 20.3 Å². The monoisotopic (exact) mass is 209 g/mol. The van der Waals surface area contributed by atoms with Gasteiger partial charge in [0.25, 0.3) is 0 Å². The highest BCUT2D eigenvalue weighted by molar-refractivity contribution is 5.83. The molecule has 86 valence electrons. The zero-order valence-corrected chi connectivity index (χ0v) is 10.0. The van der Waals surface area contributed by atoms with E-state index in [1.54, 1.807) is 0 Å². The van der Waals surface area contributed by atoms with Gasteiger partial charge in [-0.1, -0.05) is 6.92 Å². The van der Waals surface area contributed by atoms with Crippen LogP contribution in [0.2, 0.25) is 0 Å². The Morgan fingerprint density at radius 3 is 2.73 bits per heavy atom. The van der Waals surface area contributed by atoms with Crippen molar-refractivity contribution in [2.75, 3.05) is 6.54 Å². The maximum atomic E-state index is 11.6. The Bertz CT molecular complexity index is 239. The summed E-state index contributed by atoms with van der Waals surface area (Å²) in [5.74, 6) is 0.878. The number of hydrogen-bond acceptors (Lipinski definition) is 2. The molecular formula is C13H23NO. The van der Waals surface area contributed by atoms with E-state index in [0.29, 0.717) is 17.7 Å². The van der Waals surface area contributed by atoms with Crippen molar-refractivity contribution in [3.8, 4) is 0 Å². The fraction of sp³-hybridized carbons (Fsp3) is 0.923. The molecule has 0 aromatic heterocycles. The van der Waals surface area contributed by atoms with Crippen molar-refractivity contribution in [2.24, 2.45) is 5.92 Å². The lowest BCUT2D eigenvalue weighted by Crippen LogP contribution is -2.39. The van der Waals surface area contributed by atoms with E-state index in [1.165, 1.54) is 19.3 Å². The smallest absolute Gasteiger partial charge is 0.137 e. The van der Waals surface area contributed by atoms with Crippen LogP contribution in [0.4, 0.5) is 0 Å². The largest absolute Gasteiger partial charge is 0.299 e. The molecule has 2 rings (SSSR count). The molecule has 1 saturated carbocycles. The molecule has 1 heterocycles. The first-order valence-corrected chi connectivity index (χ1v) is 6.50. The number of nitrogens with zero attached hydrogens (tertiary/aromatic N) is 1. The van der Waals surface area contributed by atoms with Crippen molar-refractivity contribution >= 4 is 5.78 Å². The van der Waals surface area contributed by atoms with Crippen LogP contribution in [-0.4, -0.2) is 29.3 Å². The SMILES string of the molecule is CCC1CCC(C)N1CC1CCCC1=O. The van der Waals surface area contributed by atoms with Crippen LogP contribution in [0.25, 0.3) is 0 Å². The Hall–Kier alpha value is -0.370.